The summed E-state index contributed by atoms with van der Waals surface area (Å²) in [5.74, 6) is 0.948. The number of nitrogens with zero attached hydrogens (tertiary/aromatic N) is 4. The Morgan fingerprint density at radius 2 is 1.65 bits per heavy atom. The van der Waals surface area contributed by atoms with Gasteiger partial charge in [-0.15, -0.1) is 0 Å². The van der Waals surface area contributed by atoms with Gasteiger partial charge >= 0.3 is 0 Å². The van der Waals surface area contributed by atoms with Crippen LogP contribution in [-0.4, -0.2) is 60.3 Å². The summed E-state index contributed by atoms with van der Waals surface area (Å²) >= 11 is 0. The number of carbonyl (C=O) groups excluding carboxylic acids is 1. The number of nitrogens with one attached hydrogen (secondary N) is 3. The molecule has 0 radical (unpaired) electrons. The van der Waals surface area contributed by atoms with Crippen LogP contribution in [0.25, 0.3) is 11.0 Å². The van der Waals surface area contributed by atoms with E-state index in [4.69, 9.17) is 4.98 Å². The number of H-pyrrole nitrogens is 2. The Morgan fingerprint density at radius 3 is 2.37 bits per heavy atom. The number of amides is 1. The largest absolute Gasteiger partial charge is 0.341 e. The summed E-state index contributed by atoms with van der Waals surface area (Å²) in [5, 5.41) is 3.84. The molecule has 0 bridgehead atoms. The molecule has 0 aliphatic heterocycles. The summed E-state index contributed by atoms with van der Waals surface area (Å²) in [5.41, 5.74) is 4.23. The van der Waals surface area contributed by atoms with Gasteiger partial charge in [-0.05, 0) is 74.8 Å². The van der Waals surface area contributed by atoms with Gasteiger partial charge in [0.25, 0.3) is 5.91 Å². The van der Waals surface area contributed by atoms with Crippen molar-refractivity contribution in [3.8, 4) is 0 Å². The van der Waals surface area contributed by atoms with E-state index in [2.05, 4.69) is 56.4 Å². The highest BCUT2D eigenvalue weighted by Crippen LogP contribution is 2.30. The third kappa shape index (κ3) is 7.54. The summed E-state index contributed by atoms with van der Waals surface area (Å²) in [6.07, 6.45) is 16.8. The fourth-order valence-electron chi connectivity index (χ4n) is 7.18. The molecule has 2 saturated carbocycles. The number of imidazole rings is 2. The number of aromatic nitrogens is 4. The molecule has 0 unspecified atom stereocenters. The first kappa shape index (κ1) is 29.6. The standard InChI is InChI=1S/C35H47N7O/c1-2-22-42(29-8-4-3-5-9-29)30-18-16-28(17-19-30)38-23-26-12-14-27(15-13-26)24-41(35(43)34-36-20-21-37-34)25-33-39-31-10-6-7-11-32(31)40-33/h6-7,10-15,20-21,28-30,38H,2-5,8-9,16-19,22-25H2,1H3,(H,36,37)(H,39,40). The Hall–Kier alpha value is -3.49. The van der Waals surface area contributed by atoms with Gasteiger partial charge in [-0.2, -0.15) is 0 Å². The smallest absolute Gasteiger partial charge is 0.290 e. The summed E-state index contributed by atoms with van der Waals surface area (Å²) in [4.78, 5) is 33.2. The lowest BCUT2D eigenvalue weighted by Gasteiger charge is -2.43. The molecule has 4 aromatic rings. The van der Waals surface area contributed by atoms with Crippen molar-refractivity contribution in [2.75, 3.05) is 6.54 Å². The predicted octanol–water partition coefficient (Wildman–Crippen LogP) is 6.57. The molecule has 2 aliphatic rings. The SMILES string of the molecule is CCCN(C1CCCCC1)C1CCC(NCc2ccc(CN(Cc3nc4ccccc4[nH]3)C(=O)c3ncc[nH]3)cc2)CC1. The number of hydrogen-bond donors (Lipinski definition) is 3. The van der Waals surface area contributed by atoms with Crippen molar-refractivity contribution in [2.45, 2.75) is 109 Å². The van der Waals surface area contributed by atoms with Crippen LogP contribution < -0.4 is 5.32 Å². The van der Waals surface area contributed by atoms with Gasteiger partial charge in [-0.3, -0.25) is 9.69 Å². The van der Waals surface area contributed by atoms with Crippen molar-refractivity contribution in [3.05, 3.63) is 83.7 Å². The van der Waals surface area contributed by atoms with E-state index < -0.39 is 0 Å². The highest BCUT2D eigenvalue weighted by molar-refractivity contribution is 5.90. The molecule has 2 aromatic heterocycles. The number of aromatic amines is 2. The number of carbonyl (C=O) groups is 1. The van der Waals surface area contributed by atoms with Crippen LogP contribution in [0, 0.1) is 0 Å². The molecule has 6 rings (SSSR count). The van der Waals surface area contributed by atoms with Crippen molar-refractivity contribution >= 4 is 16.9 Å². The van der Waals surface area contributed by atoms with Crippen LogP contribution in [0.4, 0.5) is 0 Å². The van der Waals surface area contributed by atoms with Crippen molar-refractivity contribution in [1.82, 2.24) is 35.1 Å². The monoisotopic (exact) mass is 581 g/mol. The Labute approximate surface area is 255 Å². The lowest BCUT2D eigenvalue weighted by atomic mass is 9.86. The second-order valence-electron chi connectivity index (χ2n) is 12.5. The molecular formula is C35H47N7O. The molecule has 43 heavy (non-hydrogen) atoms. The van der Waals surface area contributed by atoms with Gasteiger partial charge in [-0.25, -0.2) is 9.97 Å². The average Bonchev–Trinajstić information content (AvgIpc) is 3.74. The zero-order valence-corrected chi connectivity index (χ0v) is 25.6. The second kappa shape index (κ2) is 14.3. The van der Waals surface area contributed by atoms with E-state index in [9.17, 15) is 4.79 Å². The molecule has 2 fully saturated rings. The minimum Gasteiger partial charge on any atom is -0.341 e. The summed E-state index contributed by atoms with van der Waals surface area (Å²) < 4.78 is 0. The summed E-state index contributed by atoms with van der Waals surface area (Å²) in [6, 6.07) is 18.8. The van der Waals surface area contributed by atoms with E-state index in [-0.39, 0.29) is 5.91 Å². The Kier molecular flexibility index (Phi) is 9.85. The third-order valence-electron chi connectivity index (χ3n) is 9.45. The lowest BCUT2D eigenvalue weighted by molar-refractivity contribution is 0.0714. The molecular weight excluding hydrogens is 534 g/mol. The zero-order valence-electron chi connectivity index (χ0n) is 25.6. The summed E-state index contributed by atoms with van der Waals surface area (Å²) in [6.45, 7) is 5.33. The van der Waals surface area contributed by atoms with Crippen LogP contribution in [0.5, 0.6) is 0 Å². The first-order valence-electron chi connectivity index (χ1n) is 16.5. The topological polar surface area (TPSA) is 92.9 Å². The average molecular weight is 582 g/mol. The Bertz CT molecular complexity index is 1380. The molecule has 0 atom stereocenters. The van der Waals surface area contributed by atoms with Gasteiger partial charge < -0.3 is 20.2 Å². The highest BCUT2D eigenvalue weighted by Gasteiger charge is 2.30. The maximum absolute atomic E-state index is 13.3. The minimum absolute atomic E-state index is 0.146. The first-order valence-corrected chi connectivity index (χ1v) is 16.5. The molecule has 0 saturated heterocycles. The van der Waals surface area contributed by atoms with Gasteiger partial charge in [0.1, 0.15) is 5.82 Å². The van der Waals surface area contributed by atoms with Crippen LogP contribution in [0.3, 0.4) is 0 Å². The highest BCUT2D eigenvalue weighted by atomic mass is 16.2. The predicted molar refractivity (Wildman–Crippen MR) is 171 cm³/mol. The quantitative estimate of drug-likeness (QED) is 0.176. The molecule has 1 amide bonds. The Balaban J connectivity index is 1.03. The normalized spacial score (nSPS) is 19.7. The number of fused-ring (bicyclic) bond motifs is 1. The van der Waals surface area contributed by atoms with Gasteiger partial charge in [0.05, 0.1) is 17.6 Å². The second-order valence-corrected chi connectivity index (χ2v) is 12.5. The van der Waals surface area contributed by atoms with Gasteiger partial charge in [0.2, 0.25) is 0 Å². The molecule has 2 aromatic carbocycles. The number of rotatable bonds is 12. The maximum Gasteiger partial charge on any atom is 0.290 e. The maximum atomic E-state index is 13.3. The van der Waals surface area contributed by atoms with Crippen LogP contribution in [0.1, 0.15) is 98.7 Å². The zero-order chi connectivity index (χ0) is 29.4. The molecule has 3 N–H and O–H groups in total. The fourth-order valence-corrected chi connectivity index (χ4v) is 7.18. The fraction of sp³-hybridized carbons (Fsp3) is 0.514. The van der Waals surface area contributed by atoms with Crippen LogP contribution >= 0.6 is 0 Å². The van der Waals surface area contributed by atoms with Crippen molar-refractivity contribution in [3.63, 3.8) is 0 Å². The van der Waals surface area contributed by atoms with Gasteiger partial charge in [0.15, 0.2) is 5.82 Å². The number of hydrogen-bond acceptors (Lipinski definition) is 5. The van der Waals surface area contributed by atoms with E-state index in [0.717, 1.165) is 41.0 Å². The van der Waals surface area contributed by atoms with Crippen LogP contribution in [-0.2, 0) is 19.6 Å². The summed E-state index contributed by atoms with van der Waals surface area (Å²) in [7, 11) is 0. The van der Waals surface area contributed by atoms with Gasteiger partial charge in [-0.1, -0.05) is 62.6 Å². The van der Waals surface area contributed by atoms with E-state index in [1.54, 1.807) is 17.3 Å². The van der Waals surface area contributed by atoms with Crippen molar-refractivity contribution in [1.29, 1.82) is 0 Å². The third-order valence-corrected chi connectivity index (χ3v) is 9.45. The van der Waals surface area contributed by atoms with Gasteiger partial charge in [0, 0.05) is 43.6 Å². The van der Waals surface area contributed by atoms with Crippen LogP contribution in [0.15, 0.2) is 60.9 Å². The van der Waals surface area contributed by atoms with Crippen molar-refractivity contribution < 1.29 is 4.79 Å². The first-order chi connectivity index (χ1) is 21.2. The Morgan fingerprint density at radius 1 is 0.907 bits per heavy atom. The minimum atomic E-state index is -0.146. The van der Waals surface area contributed by atoms with E-state index in [1.807, 2.05) is 24.3 Å². The van der Waals surface area contributed by atoms with E-state index in [0.29, 0.717) is 25.0 Å². The lowest BCUT2D eigenvalue weighted by Crippen LogP contribution is -2.48. The molecule has 0 spiro atoms. The molecule has 228 valence electrons. The molecule has 8 heteroatoms. The molecule has 8 nitrogen and oxygen atoms in total. The number of benzene rings is 2. The van der Waals surface area contributed by atoms with Crippen LogP contribution in [0.2, 0.25) is 0 Å². The molecule has 2 heterocycles. The molecule has 2 aliphatic carbocycles. The van der Waals surface area contributed by atoms with E-state index in [1.165, 1.54) is 76.3 Å². The van der Waals surface area contributed by atoms with E-state index >= 15 is 0 Å². The number of para-hydroxylation sites is 2. The van der Waals surface area contributed by atoms with Crippen molar-refractivity contribution in [2.24, 2.45) is 0 Å².